The molecule has 0 saturated carbocycles. The van der Waals surface area contributed by atoms with Crippen LogP contribution in [-0.4, -0.2) is 31.7 Å². The summed E-state index contributed by atoms with van der Waals surface area (Å²) in [6.07, 6.45) is -1.78. The first-order chi connectivity index (χ1) is 10.9. The molecule has 1 aromatic carbocycles. The first-order valence-corrected chi connectivity index (χ1v) is 7.29. The van der Waals surface area contributed by atoms with Crippen LogP contribution < -0.4 is 11.1 Å². The van der Waals surface area contributed by atoms with Gasteiger partial charge in [-0.15, -0.1) is 0 Å². The van der Waals surface area contributed by atoms with Crippen LogP contribution in [0.3, 0.4) is 0 Å². The number of benzene rings is 1. The molecule has 0 heterocycles. The van der Waals surface area contributed by atoms with E-state index in [1.807, 2.05) is 0 Å². The Morgan fingerprint density at radius 2 is 2.13 bits per heavy atom. The van der Waals surface area contributed by atoms with Crippen molar-refractivity contribution in [2.75, 3.05) is 19.7 Å². The van der Waals surface area contributed by atoms with Crippen LogP contribution in [-0.2, 0) is 22.1 Å². The Morgan fingerprint density at radius 3 is 2.74 bits per heavy atom. The highest BCUT2D eigenvalue weighted by Gasteiger charge is 2.30. The Kier molecular flexibility index (Phi) is 7.77. The van der Waals surface area contributed by atoms with Crippen LogP contribution in [0.4, 0.5) is 13.2 Å². The summed E-state index contributed by atoms with van der Waals surface area (Å²) in [6.45, 7) is 2.67. The Labute approximate surface area is 133 Å². The van der Waals surface area contributed by atoms with E-state index in [0.29, 0.717) is 18.7 Å². The van der Waals surface area contributed by atoms with E-state index in [4.69, 9.17) is 10.5 Å². The average Bonchev–Trinajstić information content (AvgIpc) is 2.50. The molecule has 7 heteroatoms. The maximum atomic E-state index is 12.7. The van der Waals surface area contributed by atoms with Gasteiger partial charge in [0.2, 0.25) is 5.91 Å². The zero-order chi connectivity index (χ0) is 17.3. The highest BCUT2D eigenvalue weighted by molar-refractivity contribution is 5.81. The second-order valence-electron chi connectivity index (χ2n) is 4.80. The number of carbonyl (C=O) groups excluding carboxylic acids is 1. The van der Waals surface area contributed by atoms with Crippen molar-refractivity contribution in [3.8, 4) is 0 Å². The molecule has 0 aliphatic carbocycles. The number of hydrogen-bond acceptors (Lipinski definition) is 3. The summed E-state index contributed by atoms with van der Waals surface area (Å²) in [6, 6.07) is 4.90. The van der Waals surface area contributed by atoms with Gasteiger partial charge in [-0.1, -0.05) is 30.4 Å². The summed E-state index contributed by atoms with van der Waals surface area (Å²) >= 11 is 0. The molecule has 3 N–H and O–H groups in total. The zero-order valence-electron chi connectivity index (χ0n) is 12.9. The van der Waals surface area contributed by atoms with E-state index in [0.717, 1.165) is 12.1 Å². The summed E-state index contributed by atoms with van der Waals surface area (Å²) in [5.41, 5.74) is 4.94. The SMILES string of the molecule is CCOC(Cc1cccc(C(F)(F)F)c1)C(=O)NC/C=C/CN. The van der Waals surface area contributed by atoms with Gasteiger partial charge in [0.05, 0.1) is 5.56 Å². The number of hydrogen-bond donors (Lipinski definition) is 2. The number of alkyl halides is 3. The topological polar surface area (TPSA) is 64.3 Å². The molecule has 1 atom stereocenters. The molecule has 0 fully saturated rings. The smallest absolute Gasteiger partial charge is 0.368 e. The largest absolute Gasteiger partial charge is 0.416 e. The van der Waals surface area contributed by atoms with Crippen molar-refractivity contribution in [2.45, 2.75) is 25.6 Å². The van der Waals surface area contributed by atoms with Crippen molar-refractivity contribution in [1.29, 1.82) is 0 Å². The first-order valence-electron chi connectivity index (χ1n) is 7.29. The minimum Gasteiger partial charge on any atom is -0.368 e. The molecule has 0 aliphatic heterocycles. The third-order valence-corrected chi connectivity index (χ3v) is 3.03. The summed E-state index contributed by atoms with van der Waals surface area (Å²) in [5.74, 6) is -0.370. The van der Waals surface area contributed by atoms with Gasteiger partial charge in [0, 0.05) is 26.1 Å². The number of nitrogens with two attached hydrogens (primary N) is 1. The molecule has 23 heavy (non-hydrogen) atoms. The highest BCUT2D eigenvalue weighted by atomic mass is 19.4. The van der Waals surface area contributed by atoms with Crippen LogP contribution in [0.1, 0.15) is 18.1 Å². The second kappa shape index (κ2) is 9.32. The van der Waals surface area contributed by atoms with Gasteiger partial charge in [0.15, 0.2) is 0 Å². The van der Waals surface area contributed by atoms with Gasteiger partial charge >= 0.3 is 6.18 Å². The van der Waals surface area contributed by atoms with Gasteiger partial charge < -0.3 is 15.8 Å². The Balaban J connectivity index is 2.75. The van der Waals surface area contributed by atoms with Gasteiger partial charge in [-0.05, 0) is 18.6 Å². The van der Waals surface area contributed by atoms with Crippen molar-refractivity contribution < 1.29 is 22.7 Å². The van der Waals surface area contributed by atoms with E-state index in [2.05, 4.69) is 5.32 Å². The van der Waals surface area contributed by atoms with Crippen LogP contribution in [0, 0.1) is 0 Å². The summed E-state index contributed by atoms with van der Waals surface area (Å²) < 4.78 is 43.5. The van der Waals surface area contributed by atoms with Crippen LogP contribution in [0.5, 0.6) is 0 Å². The van der Waals surface area contributed by atoms with Gasteiger partial charge in [-0.25, -0.2) is 0 Å². The van der Waals surface area contributed by atoms with Gasteiger partial charge in [-0.3, -0.25) is 4.79 Å². The summed E-state index contributed by atoms with van der Waals surface area (Å²) in [5, 5.41) is 2.64. The average molecular weight is 330 g/mol. The van der Waals surface area contributed by atoms with Crippen molar-refractivity contribution >= 4 is 5.91 Å². The second-order valence-corrected chi connectivity index (χ2v) is 4.80. The van der Waals surface area contributed by atoms with Crippen molar-refractivity contribution in [2.24, 2.45) is 5.73 Å². The van der Waals surface area contributed by atoms with Crippen molar-refractivity contribution in [1.82, 2.24) is 5.32 Å². The van der Waals surface area contributed by atoms with Gasteiger partial charge in [0.25, 0.3) is 0 Å². The molecular formula is C16H21F3N2O2. The van der Waals surface area contributed by atoms with Crippen molar-refractivity contribution in [3.05, 3.63) is 47.5 Å². The maximum Gasteiger partial charge on any atom is 0.416 e. The Morgan fingerprint density at radius 1 is 1.39 bits per heavy atom. The number of nitrogens with one attached hydrogen (secondary N) is 1. The molecular weight excluding hydrogens is 309 g/mol. The fourth-order valence-corrected chi connectivity index (χ4v) is 1.97. The lowest BCUT2D eigenvalue weighted by molar-refractivity contribution is -0.137. The van der Waals surface area contributed by atoms with Crippen LogP contribution in [0.15, 0.2) is 36.4 Å². The fraction of sp³-hybridized carbons (Fsp3) is 0.438. The highest BCUT2D eigenvalue weighted by Crippen LogP contribution is 2.29. The molecule has 1 unspecified atom stereocenters. The number of amides is 1. The van der Waals surface area contributed by atoms with Crippen molar-refractivity contribution in [3.63, 3.8) is 0 Å². The third kappa shape index (κ3) is 6.83. The molecule has 4 nitrogen and oxygen atoms in total. The lowest BCUT2D eigenvalue weighted by Gasteiger charge is -2.17. The molecule has 1 rings (SSSR count). The lowest BCUT2D eigenvalue weighted by atomic mass is 10.0. The Bertz CT molecular complexity index is 530. The van der Waals surface area contributed by atoms with Gasteiger partial charge in [0.1, 0.15) is 6.10 Å². The molecule has 0 spiro atoms. The molecule has 0 aliphatic rings. The summed E-state index contributed by atoms with van der Waals surface area (Å²) in [7, 11) is 0. The zero-order valence-corrected chi connectivity index (χ0v) is 12.9. The summed E-state index contributed by atoms with van der Waals surface area (Å²) in [4.78, 5) is 12.1. The maximum absolute atomic E-state index is 12.7. The first kappa shape index (κ1) is 19.2. The monoisotopic (exact) mass is 330 g/mol. The molecule has 0 radical (unpaired) electrons. The molecule has 0 bridgehead atoms. The quantitative estimate of drug-likeness (QED) is 0.719. The molecule has 0 saturated heterocycles. The number of carbonyl (C=O) groups is 1. The van der Waals surface area contributed by atoms with E-state index in [9.17, 15) is 18.0 Å². The molecule has 1 amide bonds. The fourth-order valence-electron chi connectivity index (χ4n) is 1.97. The lowest BCUT2D eigenvalue weighted by Crippen LogP contribution is -2.38. The molecule has 1 aromatic rings. The van der Waals surface area contributed by atoms with E-state index < -0.39 is 17.8 Å². The minimum absolute atomic E-state index is 0.0736. The predicted molar refractivity (Wildman–Crippen MR) is 81.8 cm³/mol. The number of halogens is 3. The van der Waals surface area contributed by atoms with Crippen LogP contribution in [0.2, 0.25) is 0 Å². The van der Waals surface area contributed by atoms with E-state index in [1.165, 1.54) is 6.07 Å². The van der Waals surface area contributed by atoms with Crippen LogP contribution >= 0.6 is 0 Å². The van der Waals surface area contributed by atoms with Gasteiger partial charge in [-0.2, -0.15) is 13.2 Å². The van der Waals surface area contributed by atoms with E-state index >= 15 is 0 Å². The predicted octanol–water partition coefficient (Wildman–Crippen LogP) is 2.28. The number of rotatable bonds is 8. The normalized spacial score (nSPS) is 13.3. The van der Waals surface area contributed by atoms with E-state index in [1.54, 1.807) is 25.1 Å². The Hall–Kier alpha value is -1.86. The minimum atomic E-state index is -4.41. The molecule has 0 aromatic heterocycles. The molecule has 128 valence electrons. The van der Waals surface area contributed by atoms with Crippen LogP contribution in [0.25, 0.3) is 0 Å². The van der Waals surface area contributed by atoms with E-state index in [-0.39, 0.29) is 18.9 Å². The number of ether oxygens (including phenoxy) is 1. The third-order valence-electron chi connectivity index (χ3n) is 3.03. The standard InChI is InChI=1S/C16H21F3N2O2/c1-2-23-14(15(22)21-9-4-3-8-20)11-12-6-5-7-13(10-12)16(17,18)19/h3-7,10,14H,2,8-9,11,20H2,1H3,(H,21,22)/b4-3+.